The summed E-state index contributed by atoms with van der Waals surface area (Å²) in [5, 5.41) is 7.56. The maximum atomic E-state index is 2.47. The molecular weight excluding hydrogens is 605 g/mol. The Bertz CT molecular complexity index is 2400. The van der Waals surface area contributed by atoms with E-state index in [0.717, 1.165) is 0 Å². The van der Waals surface area contributed by atoms with Gasteiger partial charge >= 0.3 is 0 Å². The third-order valence-electron chi connectivity index (χ3n) is 11.6. The molecule has 2 aliphatic rings. The zero-order chi connectivity index (χ0) is 33.8. The zero-order valence-electron chi connectivity index (χ0n) is 28.9. The molecule has 8 aromatic carbocycles. The van der Waals surface area contributed by atoms with E-state index in [1.165, 1.54) is 88.7 Å². The van der Waals surface area contributed by atoms with E-state index < -0.39 is 0 Å². The van der Waals surface area contributed by atoms with E-state index in [4.69, 9.17) is 0 Å². The fourth-order valence-corrected chi connectivity index (χ4v) is 9.02. The van der Waals surface area contributed by atoms with Gasteiger partial charge in [-0.2, -0.15) is 0 Å². The molecule has 2 heterocycles. The van der Waals surface area contributed by atoms with Crippen molar-refractivity contribution in [3.8, 4) is 0 Å². The minimum atomic E-state index is -0.0965. The number of rotatable bonds is 2. The third kappa shape index (κ3) is 3.96. The second-order valence-corrected chi connectivity index (χ2v) is 15.0. The van der Waals surface area contributed by atoms with E-state index in [0.29, 0.717) is 0 Å². The number of benzene rings is 8. The lowest BCUT2D eigenvalue weighted by molar-refractivity contribution is 0.632. The molecule has 0 fully saturated rings. The van der Waals surface area contributed by atoms with Crippen molar-refractivity contribution in [2.75, 3.05) is 9.80 Å². The van der Waals surface area contributed by atoms with Gasteiger partial charge in [0.05, 0.1) is 22.7 Å². The van der Waals surface area contributed by atoms with Crippen LogP contribution >= 0.6 is 0 Å². The molecule has 8 aromatic rings. The first kappa shape index (κ1) is 29.1. The van der Waals surface area contributed by atoms with Crippen molar-refractivity contribution in [2.24, 2.45) is 0 Å². The molecule has 240 valence electrons. The standard InChI is InChI=1S/C48H38N2/c1-47(2)38-13-5-9-17-42(38)49(43-18-10-6-14-39(43)47)34-27-25-31-21-23-33-24-22-32-26-28-35(30-37(32)46(33)36(31)29-34)50-44-19-11-7-15-40(44)48(3,4)41-16-8-12-20-45(41)50/h5-30H,1-4H3. The van der Waals surface area contributed by atoms with Crippen LogP contribution in [0.25, 0.3) is 32.3 Å². The van der Waals surface area contributed by atoms with Crippen LogP contribution < -0.4 is 9.80 Å². The SMILES string of the molecule is CC1(C)c2ccccc2N(c2ccc3ccc4ccc5ccc(N6c7ccccc7C(C)(C)c7ccccc76)cc5c4c3c2)c2ccccc21. The van der Waals surface area contributed by atoms with Crippen LogP contribution in [0, 0.1) is 0 Å². The Morgan fingerprint density at radius 1 is 0.340 bits per heavy atom. The van der Waals surface area contributed by atoms with Gasteiger partial charge < -0.3 is 9.80 Å². The highest BCUT2D eigenvalue weighted by atomic mass is 15.2. The first-order chi connectivity index (χ1) is 24.3. The number of nitrogens with zero attached hydrogens (tertiary/aromatic N) is 2. The molecule has 0 atom stereocenters. The first-order valence-corrected chi connectivity index (χ1v) is 17.7. The van der Waals surface area contributed by atoms with Crippen molar-refractivity contribution in [1.29, 1.82) is 0 Å². The van der Waals surface area contributed by atoms with E-state index in [1.807, 2.05) is 0 Å². The predicted molar refractivity (Wildman–Crippen MR) is 213 cm³/mol. The molecular formula is C48H38N2. The molecule has 10 rings (SSSR count). The smallest absolute Gasteiger partial charge is 0.0502 e. The van der Waals surface area contributed by atoms with Crippen LogP contribution in [0.15, 0.2) is 158 Å². The summed E-state index contributed by atoms with van der Waals surface area (Å²) in [5.74, 6) is 0. The van der Waals surface area contributed by atoms with E-state index in [2.05, 4.69) is 195 Å². The number of para-hydroxylation sites is 4. The van der Waals surface area contributed by atoms with Gasteiger partial charge in [0.15, 0.2) is 0 Å². The molecule has 0 saturated heterocycles. The Kier molecular flexibility index (Phi) is 6.01. The molecule has 50 heavy (non-hydrogen) atoms. The molecule has 0 saturated carbocycles. The van der Waals surface area contributed by atoms with Crippen LogP contribution in [0.1, 0.15) is 49.9 Å². The second-order valence-electron chi connectivity index (χ2n) is 15.0. The summed E-state index contributed by atoms with van der Waals surface area (Å²) in [6.45, 7) is 9.39. The third-order valence-corrected chi connectivity index (χ3v) is 11.6. The fraction of sp³-hybridized carbons (Fsp3) is 0.125. The van der Waals surface area contributed by atoms with E-state index in [1.54, 1.807) is 0 Å². The molecule has 0 N–H and O–H groups in total. The van der Waals surface area contributed by atoms with Crippen LogP contribution in [-0.4, -0.2) is 0 Å². The van der Waals surface area contributed by atoms with E-state index in [-0.39, 0.29) is 10.8 Å². The number of fused-ring (bicyclic) bond motifs is 9. The minimum Gasteiger partial charge on any atom is -0.310 e. The van der Waals surface area contributed by atoms with Gasteiger partial charge in [0.2, 0.25) is 0 Å². The molecule has 0 aliphatic carbocycles. The van der Waals surface area contributed by atoms with Crippen molar-refractivity contribution < 1.29 is 0 Å². The van der Waals surface area contributed by atoms with Gasteiger partial charge in [-0.15, -0.1) is 0 Å². The monoisotopic (exact) mass is 642 g/mol. The lowest BCUT2D eigenvalue weighted by Gasteiger charge is -2.42. The highest BCUT2D eigenvalue weighted by molar-refractivity contribution is 6.21. The van der Waals surface area contributed by atoms with Crippen molar-refractivity contribution in [3.05, 3.63) is 180 Å². The molecule has 0 aromatic heterocycles. The fourth-order valence-electron chi connectivity index (χ4n) is 9.02. The average Bonchev–Trinajstić information content (AvgIpc) is 3.15. The normalized spacial score (nSPS) is 15.4. The molecule has 2 aliphatic heterocycles. The summed E-state index contributed by atoms with van der Waals surface area (Å²) in [7, 11) is 0. The Balaban J connectivity index is 1.22. The lowest BCUT2D eigenvalue weighted by atomic mass is 9.73. The second kappa shape index (κ2) is 10.3. The highest BCUT2D eigenvalue weighted by Gasteiger charge is 2.38. The summed E-state index contributed by atoms with van der Waals surface area (Å²) in [4.78, 5) is 4.93. The molecule has 0 amide bonds. The largest absolute Gasteiger partial charge is 0.310 e. The number of hydrogen-bond donors (Lipinski definition) is 0. The number of anilines is 6. The summed E-state index contributed by atoms with van der Waals surface area (Å²) in [6.07, 6.45) is 0. The van der Waals surface area contributed by atoms with Gasteiger partial charge in [0, 0.05) is 22.2 Å². The van der Waals surface area contributed by atoms with Crippen molar-refractivity contribution in [2.45, 2.75) is 38.5 Å². The van der Waals surface area contributed by atoms with Crippen LogP contribution in [-0.2, 0) is 10.8 Å². The molecule has 2 heteroatoms. The molecule has 0 radical (unpaired) electrons. The van der Waals surface area contributed by atoms with E-state index in [9.17, 15) is 0 Å². The quantitative estimate of drug-likeness (QED) is 0.173. The Hall–Kier alpha value is -5.86. The van der Waals surface area contributed by atoms with Gasteiger partial charge in [0.1, 0.15) is 0 Å². The summed E-state index contributed by atoms with van der Waals surface area (Å²) in [6, 6.07) is 58.8. The maximum absolute atomic E-state index is 2.47. The van der Waals surface area contributed by atoms with Crippen LogP contribution in [0.4, 0.5) is 34.1 Å². The van der Waals surface area contributed by atoms with Gasteiger partial charge in [-0.25, -0.2) is 0 Å². The predicted octanol–water partition coefficient (Wildman–Crippen LogP) is 13.4. The van der Waals surface area contributed by atoms with Gasteiger partial charge in [0.25, 0.3) is 0 Å². The molecule has 0 spiro atoms. The highest BCUT2D eigenvalue weighted by Crippen LogP contribution is 2.54. The summed E-state index contributed by atoms with van der Waals surface area (Å²) in [5.41, 5.74) is 12.5. The molecule has 0 bridgehead atoms. The summed E-state index contributed by atoms with van der Waals surface area (Å²) < 4.78 is 0. The van der Waals surface area contributed by atoms with Crippen LogP contribution in [0.5, 0.6) is 0 Å². The number of hydrogen-bond acceptors (Lipinski definition) is 2. The Morgan fingerprint density at radius 3 is 1.00 bits per heavy atom. The van der Waals surface area contributed by atoms with Gasteiger partial charge in [-0.1, -0.05) is 137 Å². The van der Waals surface area contributed by atoms with Crippen molar-refractivity contribution in [3.63, 3.8) is 0 Å². The first-order valence-electron chi connectivity index (χ1n) is 17.7. The molecule has 0 unspecified atom stereocenters. The van der Waals surface area contributed by atoms with Gasteiger partial charge in [-0.3, -0.25) is 0 Å². The molecule has 2 nitrogen and oxygen atoms in total. The van der Waals surface area contributed by atoms with Gasteiger partial charge in [-0.05, 0) is 103 Å². The average molecular weight is 643 g/mol. The topological polar surface area (TPSA) is 6.48 Å². The Morgan fingerprint density at radius 2 is 0.640 bits per heavy atom. The lowest BCUT2D eigenvalue weighted by Crippen LogP contribution is -2.30. The van der Waals surface area contributed by atoms with Crippen molar-refractivity contribution in [1.82, 2.24) is 0 Å². The van der Waals surface area contributed by atoms with Crippen LogP contribution in [0.3, 0.4) is 0 Å². The summed E-state index contributed by atoms with van der Waals surface area (Å²) >= 11 is 0. The Labute approximate surface area is 293 Å². The minimum absolute atomic E-state index is 0.0965. The van der Waals surface area contributed by atoms with Crippen LogP contribution in [0.2, 0.25) is 0 Å². The zero-order valence-corrected chi connectivity index (χ0v) is 28.9. The maximum Gasteiger partial charge on any atom is 0.0502 e. The van der Waals surface area contributed by atoms with Crippen molar-refractivity contribution >= 4 is 66.4 Å². The van der Waals surface area contributed by atoms with E-state index >= 15 is 0 Å².